The van der Waals surface area contributed by atoms with Crippen LogP contribution in [0.15, 0.2) is 24.3 Å². The van der Waals surface area contributed by atoms with Crippen LogP contribution in [0, 0.1) is 23.7 Å². The maximum Gasteiger partial charge on any atom is 0.192 e. The van der Waals surface area contributed by atoms with E-state index in [1.165, 1.54) is 19.3 Å². The zero-order valence-electron chi connectivity index (χ0n) is 25.8. The first-order valence-electron chi connectivity index (χ1n) is 14.6. The third-order valence-corrected chi connectivity index (χ3v) is 18.8. The lowest BCUT2D eigenvalue weighted by Gasteiger charge is -2.40. The summed E-state index contributed by atoms with van der Waals surface area (Å²) in [5, 5.41) is 0.322. The van der Waals surface area contributed by atoms with Crippen molar-refractivity contribution in [1.82, 2.24) is 0 Å². The molecule has 0 aromatic carbocycles. The topological polar surface area (TPSA) is 35.5 Å². The summed E-state index contributed by atoms with van der Waals surface area (Å²) in [6.45, 7) is 32.0. The Balaban J connectivity index is 2.35. The molecular formula is C31H58O3Si2. The van der Waals surface area contributed by atoms with Gasteiger partial charge in [-0.05, 0) is 72.9 Å². The maximum absolute atomic E-state index is 12.9. The first kappa shape index (κ1) is 31.7. The molecule has 0 N–H and O–H groups in total. The minimum Gasteiger partial charge on any atom is -0.413 e. The van der Waals surface area contributed by atoms with Gasteiger partial charge in [-0.15, -0.1) is 0 Å². The van der Waals surface area contributed by atoms with Crippen LogP contribution in [-0.2, 0) is 13.6 Å². The van der Waals surface area contributed by atoms with Gasteiger partial charge >= 0.3 is 0 Å². The average Bonchev–Trinajstić information content (AvgIpc) is 3.17. The van der Waals surface area contributed by atoms with Crippen LogP contribution < -0.4 is 0 Å². The number of hydrogen-bond donors (Lipinski definition) is 0. The normalized spacial score (nSPS) is 27.7. The van der Waals surface area contributed by atoms with Crippen molar-refractivity contribution in [2.45, 2.75) is 142 Å². The summed E-state index contributed by atoms with van der Waals surface area (Å²) >= 11 is 0. The standard InChI is InChI=1S/C31H58O3Si2/c1-14-15-16-22(2)19-24(33-35(10,11)30(4,5)6)17-18-25-26-20-23(3)29(32)27(26)21-28(25)34-36(12,13)31(7,8)9/h17-18,22,24-28H,3,14-16,19-21H2,1-2,4-13H3/b18-17+/t22-,24+,25-,26-,27-,28+/m0/s1. The number of rotatable bonds is 11. The van der Waals surface area contributed by atoms with Gasteiger partial charge in [-0.3, -0.25) is 4.79 Å². The van der Waals surface area contributed by atoms with Gasteiger partial charge < -0.3 is 8.85 Å². The molecule has 6 atom stereocenters. The largest absolute Gasteiger partial charge is 0.413 e. The van der Waals surface area contributed by atoms with Gasteiger partial charge in [-0.25, -0.2) is 0 Å². The fourth-order valence-corrected chi connectivity index (χ4v) is 7.99. The van der Waals surface area contributed by atoms with Gasteiger partial charge in [0.25, 0.3) is 0 Å². The Labute approximate surface area is 226 Å². The summed E-state index contributed by atoms with van der Waals surface area (Å²) in [5.41, 5.74) is 0.816. The van der Waals surface area contributed by atoms with Crippen LogP contribution in [0.4, 0.5) is 0 Å². The molecule has 2 rings (SSSR count). The van der Waals surface area contributed by atoms with Crippen LogP contribution in [0.25, 0.3) is 0 Å². The third kappa shape index (κ3) is 7.54. The summed E-state index contributed by atoms with van der Waals surface area (Å²) in [5.74, 6) is 1.56. The Morgan fingerprint density at radius 2 is 1.64 bits per heavy atom. The highest BCUT2D eigenvalue weighted by atomic mass is 28.4. The van der Waals surface area contributed by atoms with E-state index in [4.69, 9.17) is 8.85 Å². The molecule has 2 saturated carbocycles. The number of fused-ring (bicyclic) bond motifs is 1. The van der Waals surface area contributed by atoms with Gasteiger partial charge in [0.15, 0.2) is 22.4 Å². The Morgan fingerprint density at radius 3 is 2.17 bits per heavy atom. The van der Waals surface area contributed by atoms with Crippen LogP contribution in [-0.4, -0.2) is 34.6 Å². The molecule has 0 aromatic heterocycles. The molecular weight excluding hydrogens is 477 g/mol. The Kier molecular flexibility index (Phi) is 10.3. The summed E-state index contributed by atoms with van der Waals surface area (Å²) in [4.78, 5) is 12.9. The molecule has 0 saturated heterocycles. The van der Waals surface area contributed by atoms with Crippen molar-refractivity contribution < 1.29 is 13.6 Å². The van der Waals surface area contributed by atoms with E-state index in [9.17, 15) is 4.79 Å². The molecule has 0 bridgehead atoms. The quantitative estimate of drug-likeness (QED) is 0.150. The fraction of sp³-hybridized carbons (Fsp3) is 0.839. The molecule has 5 heteroatoms. The highest BCUT2D eigenvalue weighted by molar-refractivity contribution is 6.74. The molecule has 0 heterocycles. The number of allylic oxidation sites excluding steroid dienone is 1. The second-order valence-corrected chi connectivity index (χ2v) is 24.5. The van der Waals surface area contributed by atoms with Gasteiger partial charge in [0.05, 0.1) is 12.2 Å². The van der Waals surface area contributed by atoms with Crippen molar-refractivity contribution in [3.8, 4) is 0 Å². The van der Waals surface area contributed by atoms with Crippen molar-refractivity contribution in [2.75, 3.05) is 0 Å². The van der Waals surface area contributed by atoms with Gasteiger partial charge in [0, 0.05) is 11.8 Å². The minimum absolute atomic E-state index is 0.0742. The molecule has 2 aliphatic carbocycles. The van der Waals surface area contributed by atoms with Gasteiger partial charge in [-0.1, -0.05) is 93.4 Å². The van der Waals surface area contributed by atoms with Crippen LogP contribution in [0.2, 0.25) is 36.3 Å². The number of ketones is 1. The Hall–Kier alpha value is -0.496. The molecule has 2 aliphatic rings. The maximum atomic E-state index is 12.9. The number of unbranched alkanes of at least 4 members (excludes halogenated alkanes) is 1. The molecule has 0 aromatic rings. The van der Waals surface area contributed by atoms with Crippen LogP contribution in [0.3, 0.4) is 0 Å². The van der Waals surface area contributed by atoms with E-state index >= 15 is 0 Å². The summed E-state index contributed by atoms with van der Waals surface area (Å²) in [6.07, 6.45) is 11.5. The predicted octanol–water partition coefficient (Wildman–Crippen LogP) is 9.32. The lowest BCUT2D eigenvalue weighted by molar-refractivity contribution is -0.118. The molecule has 0 aliphatic heterocycles. The summed E-state index contributed by atoms with van der Waals surface area (Å²) in [7, 11) is -3.87. The van der Waals surface area contributed by atoms with Gasteiger partial charge in [-0.2, -0.15) is 0 Å². The van der Waals surface area contributed by atoms with E-state index in [-0.39, 0.29) is 39.9 Å². The van der Waals surface area contributed by atoms with E-state index in [1.807, 2.05) is 0 Å². The minimum atomic E-state index is -1.95. The SMILES string of the molecule is C=C1C[C@H]2[C@H](/C=C/[C@H](C[C@@H](C)CCCC)O[Si](C)(C)C(C)(C)C)[C@H](O[Si](C)(C)C(C)(C)C)C[C@@H]2C1=O. The molecule has 208 valence electrons. The lowest BCUT2D eigenvalue weighted by atomic mass is 9.89. The van der Waals surface area contributed by atoms with Crippen LogP contribution in [0.5, 0.6) is 0 Å². The number of hydrogen-bond acceptors (Lipinski definition) is 3. The molecule has 3 nitrogen and oxygen atoms in total. The van der Waals surface area contributed by atoms with E-state index in [0.29, 0.717) is 11.8 Å². The third-order valence-electron chi connectivity index (χ3n) is 9.83. The van der Waals surface area contributed by atoms with Crippen LogP contribution in [0.1, 0.15) is 93.9 Å². The van der Waals surface area contributed by atoms with Crippen molar-refractivity contribution in [3.05, 3.63) is 24.3 Å². The second kappa shape index (κ2) is 11.7. The number of Topliss-reactive ketones (excluding diaryl/α,β-unsaturated/α-hetero) is 1. The molecule has 36 heavy (non-hydrogen) atoms. The smallest absolute Gasteiger partial charge is 0.192 e. The molecule has 0 radical (unpaired) electrons. The van der Waals surface area contributed by atoms with Crippen molar-refractivity contribution >= 4 is 22.4 Å². The van der Waals surface area contributed by atoms with Crippen molar-refractivity contribution in [2.24, 2.45) is 23.7 Å². The summed E-state index contributed by atoms with van der Waals surface area (Å²) in [6, 6.07) is 0. The zero-order valence-corrected chi connectivity index (χ0v) is 27.8. The monoisotopic (exact) mass is 534 g/mol. The first-order chi connectivity index (χ1) is 16.3. The lowest BCUT2D eigenvalue weighted by Crippen LogP contribution is -2.45. The second-order valence-electron chi connectivity index (χ2n) is 15.0. The van der Waals surface area contributed by atoms with Crippen LogP contribution >= 0.6 is 0 Å². The van der Waals surface area contributed by atoms with Crippen molar-refractivity contribution in [3.63, 3.8) is 0 Å². The van der Waals surface area contributed by atoms with E-state index in [2.05, 4.69) is 100 Å². The molecule has 0 unspecified atom stereocenters. The average molecular weight is 535 g/mol. The molecule has 2 fully saturated rings. The molecule has 0 amide bonds. The first-order valence-corrected chi connectivity index (χ1v) is 20.4. The van der Waals surface area contributed by atoms with Gasteiger partial charge in [0.1, 0.15) is 0 Å². The Bertz CT molecular complexity index is 800. The fourth-order valence-electron chi connectivity index (χ4n) is 5.34. The van der Waals surface area contributed by atoms with E-state index in [1.54, 1.807) is 0 Å². The highest BCUT2D eigenvalue weighted by Crippen LogP contribution is 2.51. The highest BCUT2D eigenvalue weighted by Gasteiger charge is 2.53. The number of carbonyl (C=O) groups excluding carboxylic acids is 1. The zero-order chi connectivity index (χ0) is 27.7. The number of carbonyl (C=O) groups is 1. The molecule has 0 spiro atoms. The van der Waals surface area contributed by atoms with E-state index < -0.39 is 16.6 Å². The Morgan fingerprint density at radius 1 is 1.06 bits per heavy atom. The summed E-state index contributed by atoms with van der Waals surface area (Å²) < 4.78 is 14.0. The predicted molar refractivity (Wildman–Crippen MR) is 160 cm³/mol. The van der Waals surface area contributed by atoms with Gasteiger partial charge in [0.2, 0.25) is 0 Å². The van der Waals surface area contributed by atoms with E-state index in [0.717, 1.165) is 24.8 Å². The van der Waals surface area contributed by atoms with Crippen molar-refractivity contribution in [1.29, 1.82) is 0 Å².